The highest BCUT2D eigenvalue weighted by atomic mass is 79.9. The molecule has 0 saturated carbocycles. The maximum Gasteiger partial charge on any atom is 0.147 e. The minimum Gasteiger partial charge on any atom is -0.496 e. The standard InChI is InChI=1S/C21H16BrFN2O2S.ClH/c1-26-19-10-15(27-12-13-4-5-14(22)9-17(13)23)6-7-16(19)18-11-24-21(25-18)20-3-2-8-28-20;/h2-11H,12H2,1H3,(H,24,25);1H. The summed E-state index contributed by atoms with van der Waals surface area (Å²) in [5, 5.41) is 2.01. The minimum absolute atomic E-state index is 0. The average molecular weight is 496 g/mol. The van der Waals surface area contributed by atoms with Crippen LogP contribution in [-0.4, -0.2) is 17.1 Å². The molecule has 150 valence electrons. The molecule has 0 aliphatic rings. The SMILES string of the molecule is COc1cc(OCc2ccc(Br)cc2F)ccc1-c1cnc(-c2cccs2)[nH]1.Cl. The van der Waals surface area contributed by atoms with E-state index in [4.69, 9.17) is 9.47 Å². The predicted molar refractivity (Wildman–Crippen MR) is 120 cm³/mol. The molecular weight excluding hydrogens is 479 g/mol. The van der Waals surface area contributed by atoms with E-state index in [1.807, 2.05) is 29.6 Å². The molecule has 4 rings (SSSR count). The summed E-state index contributed by atoms with van der Waals surface area (Å²) in [7, 11) is 1.60. The Morgan fingerprint density at radius 1 is 1.17 bits per heavy atom. The van der Waals surface area contributed by atoms with Gasteiger partial charge in [0, 0.05) is 21.7 Å². The van der Waals surface area contributed by atoms with Gasteiger partial charge in [0.1, 0.15) is 29.7 Å². The lowest BCUT2D eigenvalue weighted by Gasteiger charge is -2.11. The number of aromatic amines is 1. The Kier molecular flexibility index (Phi) is 6.95. The Morgan fingerprint density at radius 2 is 2.03 bits per heavy atom. The van der Waals surface area contributed by atoms with Crippen LogP contribution >= 0.6 is 39.7 Å². The van der Waals surface area contributed by atoms with Gasteiger partial charge >= 0.3 is 0 Å². The van der Waals surface area contributed by atoms with E-state index >= 15 is 0 Å². The number of aromatic nitrogens is 2. The van der Waals surface area contributed by atoms with Crippen molar-refractivity contribution in [3.8, 4) is 33.5 Å². The molecule has 2 heterocycles. The summed E-state index contributed by atoms with van der Waals surface area (Å²) in [6, 6.07) is 14.4. The Morgan fingerprint density at radius 3 is 2.76 bits per heavy atom. The van der Waals surface area contributed by atoms with Crippen LogP contribution in [0.1, 0.15) is 5.56 Å². The van der Waals surface area contributed by atoms with Crippen LogP contribution in [0.4, 0.5) is 4.39 Å². The zero-order chi connectivity index (χ0) is 19.5. The van der Waals surface area contributed by atoms with Crippen LogP contribution in [0, 0.1) is 5.82 Å². The van der Waals surface area contributed by atoms with Gasteiger partial charge in [-0.1, -0.05) is 28.1 Å². The van der Waals surface area contributed by atoms with E-state index in [1.165, 1.54) is 6.07 Å². The fourth-order valence-electron chi connectivity index (χ4n) is 2.78. The van der Waals surface area contributed by atoms with Gasteiger partial charge in [0.2, 0.25) is 0 Å². The molecule has 0 aliphatic heterocycles. The Balaban J connectivity index is 0.00000240. The molecule has 0 aliphatic carbocycles. The van der Waals surface area contributed by atoms with E-state index in [2.05, 4.69) is 25.9 Å². The topological polar surface area (TPSA) is 47.1 Å². The summed E-state index contributed by atoms with van der Waals surface area (Å²) < 4.78 is 25.9. The number of nitrogens with zero attached hydrogens (tertiary/aromatic N) is 1. The van der Waals surface area contributed by atoms with E-state index in [0.717, 1.165) is 22.0 Å². The highest BCUT2D eigenvalue weighted by Crippen LogP contribution is 2.34. The van der Waals surface area contributed by atoms with E-state index in [-0.39, 0.29) is 24.8 Å². The van der Waals surface area contributed by atoms with Crippen LogP contribution in [0.2, 0.25) is 0 Å². The number of nitrogens with one attached hydrogen (secondary N) is 1. The first-order chi connectivity index (χ1) is 13.6. The molecule has 8 heteroatoms. The third-order valence-corrected chi connectivity index (χ3v) is 5.57. The molecule has 0 spiro atoms. The number of hydrogen-bond acceptors (Lipinski definition) is 4. The molecule has 2 aromatic heterocycles. The molecule has 1 N–H and O–H groups in total. The van der Waals surface area contributed by atoms with Gasteiger partial charge in [-0.3, -0.25) is 0 Å². The zero-order valence-electron chi connectivity index (χ0n) is 15.3. The molecule has 0 saturated heterocycles. The van der Waals surface area contributed by atoms with E-state index in [9.17, 15) is 4.39 Å². The fraction of sp³-hybridized carbons (Fsp3) is 0.0952. The maximum atomic E-state index is 14.0. The first kappa shape index (κ1) is 21.4. The van der Waals surface area contributed by atoms with Crippen molar-refractivity contribution in [1.82, 2.24) is 9.97 Å². The molecular formula is C21H17BrClFN2O2S. The van der Waals surface area contributed by atoms with Crippen LogP contribution in [0.15, 0.2) is 64.6 Å². The molecule has 0 bridgehead atoms. The van der Waals surface area contributed by atoms with Crippen molar-refractivity contribution in [3.05, 3.63) is 76.0 Å². The second-order valence-corrected chi connectivity index (χ2v) is 7.87. The van der Waals surface area contributed by atoms with Gasteiger partial charge in [-0.05, 0) is 35.7 Å². The van der Waals surface area contributed by atoms with E-state index in [1.54, 1.807) is 42.8 Å². The van der Waals surface area contributed by atoms with Gasteiger partial charge in [0.05, 0.1) is 23.9 Å². The molecule has 4 nitrogen and oxygen atoms in total. The monoisotopic (exact) mass is 494 g/mol. The summed E-state index contributed by atoms with van der Waals surface area (Å²) in [6.45, 7) is 0.133. The molecule has 0 atom stereocenters. The van der Waals surface area contributed by atoms with E-state index < -0.39 is 0 Å². The van der Waals surface area contributed by atoms with Crippen LogP contribution < -0.4 is 9.47 Å². The molecule has 0 fully saturated rings. The number of rotatable bonds is 6. The summed E-state index contributed by atoms with van der Waals surface area (Å²) in [5.74, 6) is 1.76. The van der Waals surface area contributed by atoms with E-state index in [0.29, 0.717) is 21.5 Å². The first-order valence-corrected chi connectivity index (χ1v) is 10.2. The largest absolute Gasteiger partial charge is 0.496 e. The highest BCUT2D eigenvalue weighted by molar-refractivity contribution is 9.10. The second kappa shape index (κ2) is 9.43. The van der Waals surface area contributed by atoms with Crippen LogP contribution in [0.25, 0.3) is 22.0 Å². The lowest BCUT2D eigenvalue weighted by molar-refractivity contribution is 0.297. The molecule has 29 heavy (non-hydrogen) atoms. The smallest absolute Gasteiger partial charge is 0.147 e. The number of hydrogen-bond donors (Lipinski definition) is 1. The summed E-state index contributed by atoms with van der Waals surface area (Å²) in [5.41, 5.74) is 2.21. The first-order valence-electron chi connectivity index (χ1n) is 8.48. The highest BCUT2D eigenvalue weighted by Gasteiger charge is 2.12. The normalized spacial score (nSPS) is 10.4. The summed E-state index contributed by atoms with van der Waals surface area (Å²) in [4.78, 5) is 8.84. The van der Waals surface area contributed by atoms with Gasteiger partial charge < -0.3 is 14.5 Å². The Bertz CT molecular complexity index is 1100. The summed E-state index contributed by atoms with van der Waals surface area (Å²) >= 11 is 4.88. The zero-order valence-corrected chi connectivity index (χ0v) is 18.5. The Hall–Kier alpha value is -2.35. The molecule has 0 amide bonds. The average Bonchev–Trinajstić information content (AvgIpc) is 3.39. The van der Waals surface area contributed by atoms with Gasteiger partial charge in [0.15, 0.2) is 0 Å². The van der Waals surface area contributed by atoms with Gasteiger partial charge in [0.25, 0.3) is 0 Å². The van der Waals surface area contributed by atoms with Crippen molar-refractivity contribution in [2.45, 2.75) is 6.61 Å². The number of thiophene rings is 1. The van der Waals surface area contributed by atoms with Crippen molar-refractivity contribution >= 4 is 39.7 Å². The van der Waals surface area contributed by atoms with Crippen molar-refractivity contribution in [3.63, 3.8) is 0 Å². The van der Waals surface area contributed by atoms with Crippen LogP contribution in [0.3, 0.4) is 0 Å². The number of halogens is 3. The van der Waals surface area contributed by atoms with Crippen LogP contribution in [0.5, 0.6) is 11.5 Å². The number of ether oxygens (including phenoxy) is 2. The van der Waals surface area contributed by atoms with Crippen molar-refractivity contribution in [1.29, 1.82) is 0 Å². The van der Waals surface area contributed by atoms with Gasteiger partial charge in [-0.2, -0.15) is 0 Å². The minimum atomic E-state index is -0.309. The van der Waals surface area contributed by atoms with Crippen molar-refractivity contribution in [2.24, 2.45) is 0 Å². The Labute approximate surface area is 186 Å². The quantitative estimate of drug-likeness (QED) is 0.323. The molecule has 2 aromatic carbocycles. The fourth-order valence-corrected chi connectivity index (χ4v) is 3.79. The number of benzene rings is 2. The molecule has 4 aromatic rings. The molecule has 0 unspecified atom stereocenters. The van der Waals surface area contributed by atoms with Gasteiger partial charge in [-0.25, -0.2) is 9.37 Å². The number of H-pyrrole nitrogens is 1. The second-order valence-electron chi connectivity index (χ2n) is 6.01. The lowest BCUT2D eigenvalue weighted by Crippen LogP contribution is -1.99. The summed E-state index contributed by atoms with van der Waals surface area (Å²) in [6.07, 6.45) is 1.78. The predicted octanol–water partition coefficient (Wildman–Crippen LogP) is 6.72. The maximum absolute atomic E-state index is 14.0. The number of imidazole rings is 1. The third-order valence-electron chi connectivity index (χ3n) is 4.20. The third kappa shape index (κ3) is 4.80. The van der Waals surface area contributed by atoms with Crippen molar-refractivity contribution in [2.75, 3.05) is 7.11 Å². The van der Waals surface area contributed by atoms with Crippen molar-refractivity contribution < 1.29 is 13.9 Å². The van der Waals surface area contributed by atoms with Gasteiger partial charge in [-0.15, -0.1) is 23.7 Å². The lowest BCUT2D eigenvalue weighted by atomic mass is 10.1. The number of methoxy groups -OCH3 is 1. The molecule has 0 radical (unpaired) electrons. The van der Waals surface area contributed by atoms with Crippen LogP contribution in [-0.2, 0) is 6.61 Å².